The van der Waals surface area contributed by atoms with Crippen LogP contribution >= 0.6 is 0 Å². The third kappa shape index (κ3) is 3.22. The van der Waals surface area contributed by atoms with E-state index in [0.717, 1.165) is 29.6 Å². The van der Waals surface area contributed by atoms with E-state index in [1.54, 1.807) is 0 Å². The second-order valence-corrected chi connectivity index (χ2v) is 5.03. The van der Waals surface area contributed by atoms with Gasteiger partial charge in [0.15, 0.2) is 6.29 Å². The maximum atomic E-state index is 11.2. The molecule has 2 aromatic carbocycles. The van der Waals surface area contributed by atoms with Gasteiger partial charge in [-0.25, -0.2) is 0 Å². The average molecular weight is 253 g/mol. The van der Waals surface area contributed by atoms with Crippen LogP contribution < -0.4 is 4.90 Å². The van der Waals surface area contributed by atoms with Crippen molar-refractivity contribution in [1.29, 1.82) is 0 Å². The Bertz CT molecular complexity index is 590. The van der Waals surface area contributed by atoms with Crippen LogP contribution in [0.15, 0.2) is 42.5 Å². The topological polar surface area (TPSA) is 20.3 Å². The summed E-state index contributed by atoms with van der Waals surface area (Å²) in [4.78, 5) is 13.3. The number of rotatable bonds is 4. The van der Waals surface area contributed by atoms with Gasteiger partial charge in [-0.15, -0.1) is 0 Å². The molecular formula is C17H19NO. The van der Waals surface area contributed by atoms with Crippen LogP contribution in [0.2, 0.25) is 0 Å². The second-order valence-electron chi connectivity index (χ2n) is 5.03. The molecule has 0 unspecified atom stereocenters. The highest BCUT2D eigenvalue weighted by molar-refractivity contribution is 5.84. The van der Waals surface area contributed by atoms with Gasteiger partial charge in [-0.3, -0.25) is 4.79 Å². The first-order valence-corrected chi connectivity index (χ1v) is 6.42. The van der Waals surface area contributed by atoms with E-state index >= 15 is 0 Å². The van der Waals surface area contributed by atoms with Gasteiger partial charge in [0.2, 0.25) is 0 Å². The Morgan fingerprint density at radius 2 is 1.79 bits per heavy atom. The van der Waals surface area contributed by atoms with Gasteiger partial charge >= 0.3 is 0 Å². The van der Waals surface area contributed by atoms with Crippen molar-refractivity contribution in [3.8, 4) is 0 Å². The molecule has 0 aromatic heterocycles. The van der Waals surface area contributed by atoms with Gasteiger partial charge in [0.05, 0.1) is 0 Å². The zero-order valence-electron chi connectivity index (χ0n) is 11.7. The maximum absolute atomic E-state index is 11.2. The smallest absolute Gasteiger partial charge is 0.152 e. The number of carbonyl (C=O) groups excluding carboxylic acids is 1. The SMILES string of the molecule is Cc1cccc(CN(C)c2ccc(C)cc2C=O)c1. The molecule has 0 aliphatic heterocycles. The molecule has 0 saturated carbocycles. The fourth-order valence-corrected chi connectivity index (χ4v) is 2.29. The van der Waals surface area contributed by atoms with Crippen LogP contribution in [0.4, 0.5) is 5.69 Å². The summed E-state index contributed by atoms with van der Waals surface area (Å²) >= 11 is 0. The fourth-order valence-electron chi connectivity index (χ4n) is 2.29. The highest BCUT2D eigenvalue weighted by Gasteiger charge is 2.07. The van der Waals surface area contributed by atoms with Crippen molar-refractivity contribution < 1.29 is 4.79 Å². The highest BCUT2D eigenvalue weighted by atomic mass is 16.1. The summed E-state index contributed by atoms with van der Waals surface area (Å²) in [5.74, 6) is 0. The fraction of sp³-hybridized carbons (Fsp3) is 0.235. The van der Waals surface area contributed by atoms with Gasteiger partial charge in [0.1, 0.15) is 0 Å². The van der Waals surface area contributed by atoms with Gasteiger partial charge in [0, 0.05) is 24.8 Å². The van der Waals surface area contributed by atoms with E-state index in [2.05, 4.69) is 36.1 Å². The van der Waals surface area contributed by atoms with Crippen LogP contribution in [0.5, 0.6) is 0 Å². The largest absolute Gasteiger partial charge is 0.370 e. The molecule has 0 aliphatic carbocycles. The number of hydrogen-bond donors (Lipinski definition) is 0. The van der Waals surface area contributed by atoms with Crippen LogP contribution in [0.3, 0.4) is 0 Å². The van der Waals surface area contributed by atoms with E-state index in [4.69, 9.17) is 0 Å². The van der Waals surface area contributed by atoms with Gasteiger partial charge in [0.25, 0.3) is 0 Å². The van der Waals surface area contributed by atoms with E-state index in [-0.39, 0.29) is 0 Å². The standard InChI is InChI=1S/C17H19NO/c1-13-5-4-6-15(9-13)11-18(3)17-8-7-14(2)10-16(17)12-19/h4-10,12H,11H2,1-3H3. The minimum absolute atomic E-state index is 0.746. The summed E-state index contributed by atoms with van der Waals surface area (Å²) in [6.07, 6.45) is 0.926. The molecule has 0 N–H and O–H groups in total. The van der Waals surface area contributed by atoms with Crippen LogP contribution in [-0.4, -0.2) is 13.3 Å². The van der Waals surface area contributed by atoms with Crippen molar-refractivity contribution in [2.24, 2.45) is 0 Å². The Labute approximate surface area is 114 Å². The third-order valence-corrected chi connectivity index (χ3v) is 3.22. The molecule has 0 atom stereocenters. The summed E-state index contributed by atoms with van der Waals surface area (Å²) in [5, 5.41) is 0. The van der Waals surface area contributed by atoms with Crippen LogP contribution in [0.25, 0.3) is 0 Å². The molecule has 0 fully saturated rings. The van der Waals surface area contributed by atoms with Crippen molar-refractivity contribution >= 4 is 12.0 Å². The maximum Gasteiger partial charge on any atom is 0.152 e. The van der Waals surface area contributed by atoms with Crippen molar-refractivity contribution in [2.75, 3.05) is 11.9 Å². The molecule has 98 valence electrons. The summed E-state index contributed by atoms with van der Waals surface area (Å²) in [5.41, 5.74) is 5.33. The number of carbonyl (C=O) groups is 1. The zero-order valence-corrected chi connectivity index (χ0v) is 11.7. The molecule has 2 rings (SSSR count). The van der Waals surface area contributed by atoms with E-state index in [1.165, 1.54) is 11.1 Å². The van der Waals surface area contributed by atoms with Crippen molar-refractivity contribution in [1.82, 2.24) is 0 Å². The molecule has 2 heteroatoms. The normalized spacial score (nSPS) is 10.3. The van der Waals surface area contributed by atoms with Gasteiger partial charge in [-0.1, -0.05) is 41.5 Å². The summed E-state index contributed by atoms with van der Waals surface area (Å²) in [6.45, 7) is 4.88. The number of nitrogens with zero attached hydrogens (tertiary/aromatic N) is 1. The lowest BCUT2D eigenvalue weighted by Gasteiger charge is -2.21. The summed E-state index contributed by atoms with van der Waals surface area (Å²) in [6, 6.07) is 14.4. The Hall–Kier alpha value is -2.09. The van der Waals surface area contributed by atoms with Gasteiger partial charge < -0.3 is 4.90 Å². The molecular weight excluding hydrogens is 234 g/mol. The zero-order chi connectivity index (χ0) is 13.8. The van der Waals surface area contributed by atoms with Crippen LogP contribution in [0, 0.1) is 13.8 Å². The molecule has 0 aliphatic rings. The number of aryl methyl sites for hydroxylation is 2. The molecule has 0 heterocycles. The van der Waals surface area contributed by atoms with Crippen LogP contribution in [-0.2, 0) is 6.54 Å². The molecule has 0 amide bonds. The second kappa shape index (κ2) is 5.70. The summed E-state index contributed by atoms with van der Waals surface area (Å²) < 4.78 is 0. The predicted octanol–water partition coefficient (Wildman–Crippen LogP) is 3.75. The molecule has 0 radical (unpaired) electrons. The summed E-state index contributed by atoms with van der Waals surface area (Å²) in [7, 11) is 2.01. The Kier molecular flexibility index (Phi) is 4.00. The predicted molar refractivity (Wildman–Crippen MR) is 79.9 cm³/mol. The Morgan fingerprint density at radius 1 is 1.05 bits per heavy atom. The van der Waals surface area contributed by atoms with Crippen molar-refractivity contribution in [2.45, 2.75) is 20.4 Å². The first-order valence-electron chi connectivity index (χ1n) is 6.42. The first kappa shape index (κ1) is 13.3. The number of anilines is 1. The first-order chi connectivity index (χ1) is 9.10. The minimum atomic E-state index is 0.746. The Morgan fingerprint density at radius 3 is 2.47 bits per heavy atom. The highest BCUT2D eigenvalue weighted by Crippen LogP contribution is 2.21. The number of benzene rings is 2. The molecule has 0 saturated heterocycles. The third-order valence-electron chi connectivity index (χ3n) is 3.22. The molecule has 19 heavy (non-hydrogen) atoms. The van der Waals surface area contributed by atoms with Crippen LogP contribution in [0.1, 0.15) is 27.0 Å². The lowest BCUT2D eigenvalue weighted by molar-refractivity contribution is 0.112. The van der Waals surface area contributed by atoms with Gasteiger partial charge in [-0.05, 0) is 31.5 Å². The van der Waals surface area contributed by atoms with Crippen molar-refractivity contribution in [3.05, 3.63) is 64.7 Å². The molecule has 2 nitrogen and oxygen atoms in total. The van der Waals surface area contributed by atoms with Gasteiger partial charge in [-0.2, -0.15) is 0 Å². The number of aldehydes is 1. The lowest BCUT2D eigenvalue weighted by Crippen LogP contribution is -2.18. The van der Waals surface area contributed by atoms with E-state index < -0.39 is 0 Å². The minimum Gasteiger partial charge on any atom is -0.370 e. The lowest BCUT2D eigenvalue weighted by atomic mass is 10.1. The monoisotopic (exact) mass is 253 g/mol. The van der Waals surface area contributed by atoms with Crippen molar-refractivity contribution in [3.63, 3.8) is 0 Å². The average Bonchev–Trinajstić information content (AvgIpc) is 2.38. The Balaban J connectivity index is 2.24. The molecule has 0 bridgehead atoms. The van der Waals surface area contributed by atoms with E-state index in [1.807, 2.05) is 32.2 Å². The van der Waals surface area contributed by atoms with E-state index in [9.17, 15) is 4.79 Å². The van der Waals surface area contributed by atoms with E-state index in [0.29, 0.717) is 0 Å². The molecule has 2 aromatic rings. The quantitative estimate of drug-likeness (QED) is 0.773. The number of hydrogen-bond acceptors (Lipinski definition) is 2. The molecule has 0 spiro atoms.